The molecule has 0 saturated heterocycles. The number of benzene rings is 1. The summed E-state index contributed by atoms with van der Waals surface area (Å²) in [6, 6.07) is 2.86. The van der Waals surface area contributed by atoms with Crippen molar-refractivity contribution in [2.24, 2.45) is 5.73 Å². The minimum atomic E-state index is -4.07. The molecule has 0 fully saturated rings. The molecule has 1 amide bonds. The number of rotatable bonds is 6. The molecular formula is C12H16N2O6S. The molecule has 1 aromatic rings. The first-order valence-electron chi connectivity index (χ1n) is 5.83. The third-order valence-corrected chi connectivity index (χ3v) is 4.23. The normalized spacial score (nSPS) is 12.1. The lowest BCUT2D eigenvalue weighted by molar-refractivity contribution is -0.119. The Morgan fingerprint density at radius 1 is 1.33 bits per heavy atom. The third-order valence-electron chi connectivity index (χ3n) is 2.54. The Bertz CT molecular complexity index is 681. The summed E-state index contributed by atoms with van der Waals surface area (Å²) >= 11 is 0. The predicted octanol–water partition coefficient (Wildman–Crippen LogP) is 0.0227. The molecule has 0 unspecified atom stereocenters. The van der Waals surface area contributed by atoms with Crippen LogP contribution in [0.5, 0.6) is 5.75 Å². The number of hydrogen-bond donors (Lipinski definition) is 4. The molecule has 0 saturated carbocycles. The van der Waals surface area contributed by atoms with Crippen LogP contribution in [0.4, 0.5) is 0 Å². The fourth-order valence-electron chi connectivity index (χ4n) is 1.75. The number of carboxylic acids is 1. The highest BCUT2D eigenvalue weighted by atomic mass is 32.2. The summed E-state index contributed by atoms with van der Waals surface area (Å²) in [5.74, 6) is -2.68. The van der Waals surface area contributed by atoms with E-state index in [9.17, 15) is 23.1 Å². The van der Waals surface area contributed by atoms with Gasteiger partial charge in [0.15, 0.2) is 0 Å². The highest BCUT2D eigenvalue weighted by Gasteiger charge is 2.28. The summed E-state index contributed by atoms with van der Waals surface area (Å²) in [5, 5.41) is 18.2. The van der Waals surface area contributed by atoms with E-state index in [0.717, 1.165) is 18.2 Å². The van der Waals surface area contributed by atoms with Gasteiger partial charge in [-0.2, -0.15) is 0 Å². The summed E-state index contributed by atoms with van der Waals surface area (Å²) in [4.78, 5) is 21.5. The van der Waals surface area contributed by atoms with Gasteiger partial charge in [-0.3, -0.25) is 4.79 Å². The molecule has 1 aromatic carbocycles. The number of phenols is 1. The van der Waals surface area contributed by atoms with Crippen LogP contribution < -0.4 is 10.5 Å². The first-order valence-corrected chi connectivity index (χ1v) is 7.31. The molecule has 0 heterocycles. The van der Waals surface area contributed by atoms with Gasteiger partial charge in [0.1, 0.15) is 11.3 Å². The highest BCUT2D eigenvalue weighted by Crippen LogP contribution is 2.22. The molecule has 21 heavy (non-hydrogen) atoms. The quantitative estimate of drug-likeness (QED) is 0.582. The smallest absolute Gasteiger partial charge is 0.339 e. The maximum absolute atomic E-state index is 12.2. The van der Waals surface area contributed by atoms with Crippen LogP contribution >= 0.6 is 0 Å². The first-order chi connectivity index (χ1) is 9.44. The van der Waals surface area contributed by atoms with Gasteiger partial charge in [0.05, 0.1) is 4.90 Å². The average molecular weight is 316 g/mol. The van der Waals surface area contributed by atoms with Gasteiger partial charge in [-0.1, -0.05) is 0 Å². The van der Waals surface area contributed by atoms with Gasteiger partial charge >= 0.3 is 5.97 Å². The van der Waals surface area contributed by atoms with Crippen LogP contribution in [0.25, 0.3) is 0 Å². The summed E-state index contributed by atoms with van der Waals surface area (Å²) in [6.07, 6.45) is -0.226. The topological polar surface area (TPSA) is 147 Å². The number of amides is 1. The number of carbonyl (C=O) groups is 2. The van der Waals surface area contributed by atoms with Gasteiger partial charge in [-0.05, 0) is 32.0 Å². The van der Waals surface area contributed by atoms with Gasteiger partial charge in [0.25, 0.3) is 0 Å². The maximum Gasteiger partial charge on any atom is 0.339 e. The molecule has 0 aliphatic rings. The van der Waals surface area contributed by atoms with E-state index in [2.05, 4.69) is 4.72 Å². The first kappa shape index (κ1) is 16.9. The zero-order valence-electron chi connectivity index (χ0n) is 11.5. The number of aromatic hydroxyl groups is 1. The molecule has 0 aromatic heterocycles. The largest absolute Gasteiger partial charge is 0.507 e. The molecule has 0 atom stereocenters. The monoisotopic (exact) mass is 316 g/mol. The Morgan fingerprint density at radius 2 is 1.90 bits per heavy atom. The van der Waals surface area contributed by atoms with Crippen LogP contribution in [0.1, 0.15) is 30.6 Å². The van der Waals surface area contributed by atoms with Crippen LogP contribution in [0.15, 0.2) is 23.1 Å². The molecular weight excluding hydrogens is 300 g/mol. The molecule has 0 spiro atoms. The number of primary amides is 1. The molecule has 116 valence electrons. The van der Waals surface area contributed by atoms with Gasteiger partial charge in [-0.15, -0.1) is 0 Å². The van der Waals surface area contributed by atoms with Gasteiger partial charge in [0, 0.05) is 12.0 Å². The summed E-state index contributed by atoms with van der Waals surface area (Å²) in [5.41, 5.74) is 3.37. The number of nitrogens with two attached hydrogens (primary N) is 1. The molecule has 5 N–H and O–H groups in total. The maximum atomic E-state index is 12.2. The zero-order chi connectivity index (χ0) is 16.4. The van der Waals surface area contributed by atoms with Crippen molar-refractivity contribution >= 4 is 21.9 Å². The average Bonchev–Trinajstić information content (AvgIpc) is 2.24. The fourth-order valence-corrected chi connectivity index (χ4v) is 3.19. The number of sulfonamides is 1. The minimum Gasteiger partial charge on any atom is -0.507 e. The number of nitrogens with one attached hydrogen (secondary N) is 1. The Hall–Kier alpha value is -2.13. The standard InChI is InChI=1S/C12H16N2O6S/c1-12(2,6-10(13)16)14-21(19,20)7-3-4-9(15)8(5-7)11(17)18/h3-5,14-15H,6H2,1-2H3,(H2,13,16)(H,17,18). The van der Waals surface area contributed by atoms with Crippen LogP contribution in [0.2, 0.25) is 0 Å². The predicted molar refractivity (Wildman–Crippen MR) is 73.3 cm³/mol. The Morgan fingerprint density at radius 3 is 2.38 bits per heavy atom. The molecule has 0 aliphatic heterocycles. The van der Waals surface area contributed by atoms with Crippen LogP contribution in [-0.4, -0.2) is 36.0 Å². The molecule has 0 bridgehead atoms. The van der Waals surface area contributed by atoms with E-state index in [0.29, 0.717) is 0 Å². The van der Waals surface area contributed by atoms with Crippen LogP contribution in [0, 0.1) is 0 Å². The summed E-state index contributed by atoms with van der Waals surface area (Å²) in [6.45, 7) is 2.93. The molecule has 9 heteroatoms. The van der Waals surface area contributed by atoms with Crippen LogP contribution in [-0.2, 0) is 14.8 Å². The summed E-state index contributed by atoms with van der Waals surface area (Å²) < 4.78 is 26.6. The van der Waals surface area contributed by atoms with Crippen LogP contribution in [0.3, 0.4) is 0 Å². The van der Waals surface area contributed by atoms with E-state index in [1.165, 1.54) is 13.8 Å². The fraction of sp³-hybridized carbons (Fsp3) is 0.333. The number of carboxylic acid groups (broad SMARTS) is 1. The molecule has 1 rings (SSSR count). The Balaban J connectivity index is 3.17. The van der Waals surface area contributed by atoms with Gasteiger partial charge in [-0.25, -0.2) is 17.9 Å². The lowest BCUT2D eigenvalue weighted by atomic mass is 10.0. The second kappa shape index (κ2) is 5.70. The van der Waals surface area contributed by atoms with Crippen molar-refractivity contribution in [2.75, 3.05) is 0 Å². The van der Waals surface area contributed by atoms with Crippen molar-refractivity contribution in [3.8, 4) is 5.75 Å². The van der Waals surface area contributed by atoms with E-state index in [1.807, 2.05) is 0 Å². The molecule has 8 nitrogen and oxygen atoms in total. The Kier molecular flexibility index (Phi) is 4.59. The highest BCUT2D eigenvalue weighted by molar-refractivity contribution is 7.89. The van der Waals surface area contributed by atoms with Crippen molar-refractivity contribution in [3.63, 3.8) is 0 Å². The van der Waals surface area contributed by atoms with Crippen molar-refractivity contribution in [3.05, 3.63) is 23.8 Å². The van der Waals surface area contributed by atoms with E-state index in [-0.39, 0.29) is 11.3 Å². The second-order valence-corrected chi connectivity index (χ2v) is 6.80. The lowest BCUT2D eigenvalue weighted by Gasteiger charge is -2.24. The van der Waals surface area contributed by atoms with Crippen molar-refractivity contribution < 1.29 is 28.2 Å². The van der Waals surface area contributed by atoms with Crippen molar-refractivity contribution in [1.29, 1.82) is 0 Å². The lowest BCUT2D eigenvalue weighted by Crippen LogP contribution is -2.45. The van der Waals surface area contributed by atoms with Crippen molar-refractivity contribution in [2.45, 2.75) is 30.7 Å². The summed E-state index contributed by atoms with van der Waals surface area (Å²) in [7, 11) is -4.07. The zero-order valence-corrected chi connectivity index (χ0v) is 12.3. The number of aromatic carboxylic acids is 1. The third kappa shape index (κ3) is 4.43. The molecule has 0 aliphatic carbocycles. The van der Waals surface area contributed by atoms with E-state index >= 15 is 0 Å². The minimum absolute atomic E-state index is 0.226. The van der Waals surface area contributed by atoms with E-state index in [1.54, 1.807) is 0 Å². The van der Waals surface area contributed by atoms with Gasteiger partial charge in [0.2, 0.25) is 15.9 Å². The van der Waals surface area contributed by atoms with Gasteiger partial charge < -0.3 is 15.9 Å². The molecule has 0 radical (unpaired) electrons. The Labute approximate surface area is 121 Å². The number of carbonyl (C=O) groups excluding carboxylic acids is 1. The number of hydrogen-bond acceptors (Lipinski definition) is 5. The second-order valence-electron chi connectivity index (χ2n) is 5.12. The van der Waals surface area contributed by atoms with E-state index < -0.39 is 38.8 Å². The SMILES string of the molecule is CC(C)(CC(N)=O)NS(=O)(=O)c1ccc(O)c(C(=O)O)c1. The van der Waals surface area contributed by atoms with Crippen molar-refractivity contribution in [1.82, 2.24) is 4.72 Å². The van der Waals surface area contributed by atoms with E-state index in [4.69, 9.17) is 10.8 Å².